The molecule has 0 spiro atoms. The Balaban J connectivity index is 1.27. The van der Waals surface area contributed by atoms with Gasteiger partial charge in [0.05, 0.1) is 24.6 Å². The summed E-state index contributed by atoms with van der Waals surface area (Å²) in [5.74, 6) is 1.41. The minimum absolute atomic E-state index is 0.286. The normalized spacial score (nSPS) is 21.1. The van der Waals surface area contributed by atoms with Gasteiger partial charge in [-0.15, -0.1) is 0 Å². The molecule has 0 aromatic carbocycles. The van der Waals surface area contributed by atoms with E-state index >= 15 is 0 Å². The maximum atomic E-state index is 12.7. The first kappa shape index (κ1) is 19.8. The first-order valence-corrected chi connectivity index (χ1v) is 10.7. The van der Waals surface area contributed by atoms with Crippen LogP contribution >= 0.6 is 0 Å². The SMILES string of the molecule is CC1CCCCN1CC(=O)N1CCC(c2ccc(Nc3cnccn3)cn2)CC1. The predicted octanol–water partition coefficient (Wildman–Crippen LogP) is 3.20. The molecule has 2 aromatic heterocycles. The van der Waals surface area contributed by atoms with Gasteiger partial charge in [0, 0.05) is 43.1 Å². The zero-order valence-electron chi connectivity index (χ0n) is 17.1. The molecule has 1 unspecified atom stereocenters. The first-order valence-electron chi connectivity index (χ1n) is 10.7. The molecule has 29 heavy (non-hydrogen) atoms. The van der Waals surface area contributed by atoms with Crippen LogP contribution in [0.15, 0.2) is 36.9 Å². The third-order valence-electron chi connectivity index (χ3n) is 6.17. The van der Waals surface area contributed by atoms with E-state index in [1.165, 1.54) is 19.3 Å². The van der Waals surface area contributed by atoms with Gasteiger partial charge in [0.15, 0.2) is 0 Å². The Labute approximate surface area is 172 Å². The largest absolute Gasteiger partial charge is 0.342 e. The van der Waals surface area contributed by atoms with Crippen LogP contribution in [0.3, 0.4) is 0 Å². The van der Waals surface area contributed by atoms with Gasteiger partial charge in [0.25, 0.3) is 0 Å². The van der Waals surface area contributed by atoms with Crippen LogP contribution in [0.25, 0.3) is 0 Å². The fourth-order valence-electron chi connectivity index (χ4n) is 4.32. The molecule has 2 aliphatic heterocycles. The minimum Gasteiger partial charge on any atom is -0.342 e. The topological polar surface area (TPSA) is 74.2 Å². The van der Waals surface area contributed by atoms with E-state index in [0.29, 0.717) is 24.3 Å². The van der Waals surface area contributed by atoms with E-state index in [4.69, 9.17) is 0 Å². The van der Waals surface area contributed by atoms with E-state index in [1.54, 1.807) is 18.6 Å². The molecule has 154 valence electrons. The third-order valence-corrected chi connectivity index (χ3v) is 6.17. The molecule has 2 aliphatic rings. The van der Waals surface area contributed by atoms with Gasteiger partial charge in [-0.1, -0.05) is 6.42 Å². The van der Waals surface area contributed by atoms with Crippen LogP contribution in [-0.2, 0) is 4.79 Å². The molecule has 4 heterocycles. The number of hydrogen-bond acceptors (Lipinski definition) is 6. The molecule has 2 fully saturated rings. The highest BCUT2D eigenvalue weighted by molar-refractivity contribution is 5.78. The number of piperidine rings is 2. The number of carbonyl (C=O) groups excluding carboxylic acids is 1. The highest BCUT2D eigenvalue weighted by atomic mass is 16.2. The highest BCUT2D eigenvalue weighted by Gasteiger charge is 2.27. The van der Waals surface area contributed by atoms with Crippen molar-refractivity contribution in [3.63, 3.8) is 0 Å². The van der Waals surface area contributed by atoms with Crippen LogP contribution in [0.2, 0.25) is 0 Å². The Kier molecular flexibility index (Phi) is 6.34. The standard InChI is InChI=1S/C22H30N6O/c1-17-4-2-3-11-28(17)16-22(29)27-12-7-18(8-13-27)20-6-5-19(14-25-20)26-21-15-23-9-10-24-21/h5-6,9-10,14-15,17-18H,2-4,7-8,11-13,16H2,1H3,(H,24,26). The van der Waals surface area contributed by atoms with Crippen molar-refractivity contribution >= 4 is 17.4 Å². The Hall–Kier alpha value is -2.54. The lowest BCUT2D eigenvalue weighted by molar-refractivity contribution is -0.134. The minimum atomic E-state index is 0.286. The number of amides is 1. The van der Waals surface area contributed by atoms with Crippen LogP contribution in [-0.4, -0.2) is 62.9 Å². The average molecular weight is 395 g/mol. The molecule has 7 nitrogen and oxygen atoms in total. The summed E-state index contributed by atoms with van der Waals surface area (Å²) in [6.07, 6.45) is 12.5. The summed E-state index contributed by atoms with van der Waals surface area (Å²) in [6, 6.07) is 4.64. The number of anilines is 2. The molecule has 0 aliphatic carbocycles. The number of nitrogens with one attached hydrogen (secondary N) is 1. The molecular formula is C22H30N6O. The summed E-state index contributed by atoms with van der Waals surface area (Å²) in [7, 11) is 0. The van der Waals surface area contributed by atoms with E-state index in [2.05, 4.69) is 38.2 Å². The summed E-state index contributed by atoms with van der Waals surface area (Å²) in [6.45, 7) is 5.53. The summed E-state index contributed by atoms with van der Waals surface area (Å²) in [5.41, 5.74) is 2.00. The molecule has 1 N–H and O–H groups in total. The quantitative estimate of drug-likeness (QED) is 0.839. The number of hydrogen-bond donors (Lipinski definition) is 1. The Morgan fingerprint density at radius 3 is 2.62 bits per heavy atom. The van der Waals surface area contributed by atoms with E-state index in [0.717, 1.165) is 43.9 Å². The number of rotatable bonds is 5. The number of carbonyl (C=O) groups is 1. The molecule has 7 heteroatoms. The fraction of sp³-hybridized carbons (Fsp3) is 0.545. The molecule has 1 amide bonds. The van der Waals surface area contributed by atoms with Gasteiger partial charge in [-0.25, -0.2) is 4.98 Å². The molecule has 0 bridgehead atoms. The first-order chi connectivity index (χ1) is 14.2. The van der Waals surface area contributed by atoms with Crippen molar-refractivity contribution in [2.75, 3.05) is 31.5 Å². The average Bonchev–Trinajstić information content (AvgIpc) is 2.77. The molecule has 4 rings (SSSR count). The molecule has 0 saturated carbocycles. The van der Waals surface area contributed by atoms with Crippen molar-refractivity contribution in [3.8, 4) is 0 Å². The molecule has 2 saturated heterocycles. The maximum Gasteiger partial charge on any atom is 0.236 e. The zero-order chi connectivity index (χ0) is 20.1. The number of nitrogens with zero attached hydrogens (tertiary/aromatic N) is 5. The van der Waals surface area contributed by atoms with Crippen molar-refractivity contribution in [3.05, 3.63) is 42.6 Å². The van der Waals surface area contributed by atoms with Gasteiger partial charge < -0.3 is 10.2 Å². The third kappa shape index (κ3) is 5.09. The summed E-state index contributed by atoms with van der Waals surface area (Å²) >= 11 is 0. The summed E-state index contributed by atoms with van der Waals surface area (Å²) in [5, 5.41) is 3.20. The molecule has 2 aromatic rings. The van der Waals surface area contributed by atoms with Crippen LogP contribution < -0.4 is 5.32 Å². The van der Waals surface area contributed by atoms with Gasteiger partial charge in [-0.05, 0) is 51.3 Å². The van der Waals surface area contributed by atoms with E-state index in [9.17, 15) is 4.79 Å². The van der Waals surface area contributed by atoms with Crippen LogP contribution in [0, 0.1) is 0 Å². The lowest BCUT2D eigenvalue weighted by atomic mass is 9.93. The molecular weight excluding hydrogens is 364 g/mol. The van der Waals surface area contributed by atoms with Gasteiger partial charge in [-0.3, -0.25) is 19.7 Å². The molecule has 1 atom stereocenters. The van der Waals surface area contributed by atoms with Crippen molar-refractivity contribution < 1.29 is 4.79 Å². The van der Waals surface area contributed by atoms with Gasteiger partial charge >= 0.3 is 0 Å². The van der Waals surface area contributed by atoms with Crippen molar-refractivity contribution in [1.29, 1.82) is 0 Å². The van der Waals surface area contributed by atoms with Crippen molar-refractivity contribution in [2.45, 2.75) is 51.0 Å². The predicted molar refractivity (Wildman–Crippen MR) is 113 cm³/mol. The zero-order valence-corrected chi connectivity index (χ0v) is 17.1. The van der Waals surface area contributed by atoms with Crippen LogP contribution in [0.5, 0.6) is 0 Å². The van der Waals surface area contributed by atoms with Crippen LogP contribution in [0.1, 0.15) is 50.6 Å². The molecule has 0 radical (unpaired) electrons. The van der Waals surface area contributed by atoms with Crippen molar-refractivity contribution in [2.24, 2.45) is 0 Å². The lowest BCUT2D eigenvalue weighted by Gasteiger charge is -2.36. The Morgan fingerprint density at radius 1 is 1.07 bits per heavy atom. The second-order valence-electron chi connectivity index (χ2n) is 8.16. The van der Waals surface area contributed by atoms with E-state index < -0.39 is 0 Å². The van der Waals surface area contributed by atoms with E-state index in [-0.39, 0.29) is 5.91 Å². The second kappa shape index (κ2) is 9.31. The highest BCUT2D eigenvalue weighted by Crippen LogP contribution is 2.28. The lowest BCUT2D eigenvalue weighted by Crippen LogP contribution is -2.47. The van der Waals surface area contributed by atoms with Gasteiger partial charge in [0.2, 0.25) is 5.91 Å². The van der Waals surface area contributed by atoms with Gasteiger partial charge in [-0.2, -0.15) is 0 Å². The second-order valence-corrected chi connectivity index (χ2v) is 8.16. The summed E-state index contributed by atoms with van der Waals surface area (Å²) in [4.78, 5) is 30.0. The number of pyridine rings is 1. The van der Waals surface area contributed by atoms with Gasteiger partial charge in [0.1, 0.15) is 5.82 Å². The monoisotopic (exact) mass is 394 g/mol. The Bertz CT molecular complexity index is 789. The fourth-order valence-corrected chi connectivity index (χ4v) is 4.32. The van der Waals surface area contributed by atoms with E-state index in [1.807, 2.05) is 17.2 Å². The number of likely N-dealkylation sites (tertiary alicyclic amines) is 2. The Morgan fingerprint density at radius 2 is 1.93 bits per heavy atom. The maximum absolute atomic E-state index is 12.7. The van der Waals surface area contributed by atoms with Crippen LogP contribution in [0.4, 0.5) is 11.5 Å². The number of aromatic nitrogens is 3. The summed E-state index contributed by atoms with van der Waals surface area (Å²) < 4.78 is 0. The smallest absolute Gasteiger partial charge is 0.236 e. The van der Waals surface area contributed by atoms with Crippen molar-refractivity contribution in [1.82, 2.24) is 24.8 Å².